The van der Waals surface area contributed by atoms with Gasteiger partial charge in [0.2, 0.25) is 5.82 Å². The second kappa shape index (κ2) is 4.49. The third kappa shape index (κ3) is 2.11. The van der Waals surface area contributed by atoms with Crippen LogP contribution in [-0.4, -0.2) is 20.2 Å². The van der Waals surface area contributed by atoms with Gasteiger partial charge in [-0.2, -0.15) is 4.80 Å². The van der Waals surface area contributed by atoms with Crippen molar-refractivity contribution in [3.63, 3.8) is 0 Å². The van der Waals surface area contributed by atoms with E-state index >= 15 is 0 Å². The number of nitrogens with zero attached hydrogens (tertiary/aromatic N) is 4. The molecule has 1 aromatic heterocycles. The lowest BCUT2D eigenvalue weighted by atomic mass is 10.0. The summed E-state index contributed by atoms with van der Waals surface area (Å²) in [5.74, 6) is 0.699. The van der Waals surface area contributed by atoms with E-state index < -0.39 is 0 Å². The molecular weight excluding hydrogens is 212 g/mol. The van der Waals surface area contributed by atoms with Crippen molar-refractivity contribution >= 4 is 0 Å². The molecule has 0 radical (unpaired) electrons. The van der Waals surface area contributed by atoms with Crippen molar-refractivity contribution in [1.29, 1.82) is 0 Å². The molecule has 86 valence electrons. The standard InChI is InChI=1S/C13H14N4/c1-3-7-11(8-4-1)13-14-16-17(15-13)12-9-5-2-6-10-12/h1,3-5,7-9,12H,2,6,10H2. The Hall–Kier alpha value is -1.97. The summed E-state index contributed by atoms with van der Waals surface area (Å²) in [5, 5.41) is 12.7. The van der Waals surface area contributed by atoms with Gasteiger partial charge in [-0.3, -0.25) is 0 Å². The van der Waals surface area contributed by atoms with Gasteiger partial charge in [0.15, 0.2) is 0 Å². The van der Waals surface area contributed by atoms with E-state index in [0.29, 0.717) is 5.82 Å². The molecule has 4 heteroatoms. The number of hydrogen-bond donors (Lipinski definition) is 0. The van der Waals surface area contributed by atoms with Crippen LogP contribution in [0.4, 0.5) is 0 Å². The lowest BCUT2D eigenvalue weighted by molar-refractivity contribution is 0.418. The van der Waals surface area contributed by atoms with Gasteiger partial charge in [-0.1, -0.05) is 42.5 Å². The fourth-order valence-electron chi connectivity index (χ4n) is 2.06. The van der Waals surface area contributed by atoms with Crippen LogP contribution in [0.5, 0.6) is 0 Å². The normalized spacial score (nSPS) is 19.4. The minimum absolute atomic E-state index is 0.272. The van der Waals surface area contributed by atoms with Gasteiger partial charge >= 0.3 is 0 Å². The molecule has 1 aromatic carbocycles. The number of hydrogen-bond acceptors (Lipinski definition) is 3. The zero-order valence-corrected chi connectivity index (χ0v) is 9.53. The Kier molecular flexibility index (Phi) is 2.69. The first-order valence-electron chi connectivity index (χ1n) is 5.95. The van der Waals surface area contributed by atoms with E-state index in [4.69, 9.17) is 0 Å². The van der Waals surface area contributed by atoms with Crippen LogP contribution in [-0.2, 0) is 0 Å². The topological polar surface area (TPSA) is 43.6 Å². The zero-order chi connectivity index (χ0) is 11.5. The average molecular weight is 226 g/mol. The molecule has 1 aliphatic carbocycles. The molecule has 0 saturated heterocycles. The van der Waals surface area contributed by atoms with Gasteiger partial charge in [0.05, 0.1) is 6.04 Å². The maximum absolute atomic E-state index is 4.45. The van der Waals surface area contributed by atoms with Gasteiger partial charge in [0.25, 0.3) is 0 Å². The molecule has 3 rings (SSSR count). The Labute approximate surface area is 100.0 Å². The SMILES string of the molecule is C1=CC(n2nnc(-c3ccccc3)n2)CCC1. The maximum atomic E-state index is 4.45. The van der Waals surface area contributed by atoms with E-state index in [9.17, 15) is 0 Å². The third-order valence-electron chi connectivity index (χ3n) is 2.99. The molecular formula is C13H14N4. The molecule has 0 amide bonds. The second-order valence-corrected chi connectivity index (χ2v) is 4.23. The van der Waals surface area contributed by atoms with Crippen molar-refractivity contribution in [1.82, 2.24) is 20.2 Å². The predicted octanol–water partition coefficient (Wildman–Crippen LogP) is 2.62. The quantitative estimate of drug-likeness (QED) is 0.739. The Balaban J connectivity index is 1.88. The highest BCUT2D eigenvalue weighted by molar-refractivity contribution is 5.52. The highest BCUT2D eigenvalue weighted by Gasteiger charge is 2.14. The average Bonchev–Trinajstić information content (AvgIpc) is 2.90. The molecule has 1 atom stereocenters. The van der Waals surface area contributed by atoms with E-state index in [1.165, 1.54) is 6.42 Å². The Morgan fingerprint density at radius 3 is 2.82 bits per heavy atom. The molecule has 2 aromatic rings. The third-order valence-corrected chi connectivity index (χ3v) is 2.99. The van der Waals surface area contributed by atoms with Gasteiger partial charge in [-0.25, -0.2) is 0 Å². The van der Waals surface area contributed by atoms with E-state index in [0.717, 1.165) is 18.4 Å². The molecule has 4 nitrogen and oxygen atoms in total. The Bertz CT molecular complexity index is 515. The zero-order valence-electron chi connectivity index (χ0n) is 9.53. The highest BCUT2D eigenvalue weighted by Crippen LogP contribution is 2.21. The molecule has 1 aliphatic rings. The van der Waals surface area contributed by atoms with Gasteiger partial charge in [-0.05, 0) is 24.5 Å². The van der Waals surface area contributed by atoms with Crippen molar-refractivity contribution < 1.29 is 0 Å². The van der Waals surface area contributed by atoms with E-state index in [1.54, 1.807) is 4.80 Å². The molecule has 0 N–H and O–H groups in total. The summed E-state index contributed by atoms with van der Waals surface area (Å²) >= 11 is 0. The second-order valence-electron chi connectivity index (χ2n) is 4.23. The van der Waals surface area contributed by atoms with Crippen LogP contribution >= 0.6 is 0 Å². The minimum Gasteiger partial charge on any atom is -0.157 e. The summed E-state index contributed by atoms with van der Waals surface area (Å²) in [4.78, 5) is 1.72. The Morgan fingerprint density at radius 2 is 2.06 bits per heavy atom. The van der Waals surface area contributed by atoms with Crippen LogP contribution < -0.4 is 0 Å². The highest BCUT2D eigenvalue weighted by atomic mass is 15.6. The van der Waals surface area contributed by atoms with Crippen LogP contribution in [0.15, 0.2) is 42.5 Å². The summed E-state index contributed by atoms with van der Waals surface area (Å²) in [6.07, 6.45) is 7.82. The van der Waals surface area contributed by atoms with Gasteiger partial charge in [0, 0.05) is 5.56 Å². The number of rotatable bonds is 2. The van der Waals surface area contributed by atoms with Gasteiger partial charge in [-0.15, -0.1) is 10.2 Å². The van der Waals surface area contributed by atoms with E-state index in [2.05, 4.69) is 27.6 Å². The maximum Gasteiger partial charge on any atom is 0.204 e. The van der Waals surface area contributed by atoms with Gasteiger partial charge in [0.1, 0.15) is 0 Å². The van der Waals surface area contributed by atoms with Crippen LogP contribution in [0.25, 0.3) is 11.4 Å². The lowest BCUT2D eigenvalue weighted by Gasteiger charge is -2.13. The number of allylic oxidation sites excluding steroid dienone is 2. The molecule has 17 heavy (non-hydrogen) atoms. The summed E-state index contributed by atoms with van der Waals surface area (Å²) in [6.45, 7) is 0. The summed E-state index contributed by atoms with van der Waals surface area (Å²) in [6, 6.07) is 10.2. The fourth-order valence-corrected chi connectivity index (χ4v) is 2.06. The summed E-state index contributed by atoms with van der Waals surface area (Å²) < 4.78 is 0. The van der Waals surface area contributed by atoms with Crippen LogP contribution in [0.3, 0.4) is 0 Å². The molecule has 1 heterocycles. The Morgan fingerprint density at radius 1 is 1.18 bits per heavy atom. The minimum atomic E-state index is 0.272. The van der Waals surface area contributed by atoms with Crippen LogP contribution in [0.2, 0.25) is 0 Å². The largest absolute Gasteiger partial charge is 0.204 e. The van der Waals surface area contributed by atoms with Crippen molar-refractivity contribution in [2.24, 2.45) is 0 Å². The van der Waals surface area contributed by atoms with Crippen molar-refractivity contribution in [3.05, 3.63) is 42.5 Å². The number of benzene rings is 1. The van der Waals surface area contributed by atoms with E-state index in [1.807, 2.05) is 30.3 Å². The van der Waals surface area contributed by atoms with Crippen molar-refractivity contribution in [2.45, 2.75) is 25.3 Å². The lowest BCUT2D eigenvalue weighted by Crippen LogP contribution is -2.12. The fraction of sp³-hybridized carbons (Fsp3) is 0.308. The van der Waals surface area contributed by atoms with Crippen molar-refractivity contribution in [2.75, 3.05) is 0 Å². The molecule has 0 saturated carbocycles. The van der Waals surface area contributed by atoms with Gasteiger partial charge < -0.3 is 0 Å². The predicted molar refractivity (Wildman–Crippen MR) is 65.3 cm³/mol. The first-order chi connectivity index (χ1) is 8.43. The number of tetrazole rings is 1. The molecule has 0 aliphatic heterocycles. The first-order valence-corrected chi connectivity index (χ1v) is 5.95. The van der Waals surface area contributed by atoms with Crippen molar-refractivity contribution in [3.8, 4) is 11.4 Å². The van der Waals surface area contributed by atoms with Crippen LogP contribution in [0.1, 0.15) is 25.3 Å². The van der Waals surface area contributed by atoms with Crippen LogP contribution in [0, 0.1) is 0 Å². The monoisotopic (exact) mass is 226 g/mol. The smallest absolute Gasteiger partial charge is 0.157 e. The first kappa shape index (κ1) is 10.2. The molecule has 0 fully saturated rings. The number of aromatic nitrogens is 4. The summed E-state index contributed by atoms with van der Waals surface area (Å²) in [7, 11) is 0. The molecule has 1 unspecified atom stereocenters. The summed E-state index contributed by atoms with van der Waals surface area (Å²) in [5.41, 5.74) is 1.01. The van der Waals surface area contributed by atoms with E-state index in [-0.39, 0.29) is 6.04 Å². The molecule has 0 bridgehead atoms. The molecule has 0 spiro atoms.